The number of aliphatic hydroxyl groups excluding tert-OH is 1. The molecule has 2 aliphatic heterocycles. The van der Waals surface area contributed by atoms with E-state index in [1.165, 1.54) is 23.1 Å². The van der Waals surface area contributed by atoms with Gasteiger partial charge in [0.1, 0.15) is 5.82 Å². The number of benzene rings is 1. The van der Waals surface area contributed by atoms with Crippen molar-refractivity contribution in [1.29, 1.82) is 0 Å². The number of thioether (sulfide) groups is 1. The van der Waals surface area contributed by atoms with Gasteiger partial charge in [0.05, 0.1) is 18.3 Å². The minimum absolute atomic E-state index is 0.244. The van der Waals surface area contributed by atoms with Gasteiger partial charge in [-0.1, -0.05) is 11.8 Å². The Morgan fingerprint density at radius 1 is 1.43 bits per heavy atom. The summed E-state index contributed by atoms with van der Waals surface area (Å²) in [5, 5.41) is 14.0. The second-order valence-electron chi connectivity index (χ2n) is 5.09. The predicted molar refractivity (Wildman–Crippen MR) is 87.0 cm³/mol. The van der Waals surface area contributed by atoms with Gasteiger partial charge in [-0.2, -0.15) is 0 Å². The fraction of sp³-hybridized carbons (Fsp3) is 0.267. The highest BCUT2D eigenvalue weighted by Gasteiger charge is 2.35. The first-order valence-electron chi connectivity index (χ1n) is 6.74. The number of hydrogen-bond donors (Lipinski definition) is 1. The summed E-state index contributed by atoms with van der Waals surface area (Å²) in [7, 11) is 0. The molecule has 2 aromatic rings. The number of halogens is 1. The summed E-state index contributed by atoms with van der Waals surface area (Å²) in [4.78, 5) is 7.41. The lowest BCUT2D eigenvalue weighted by Gasteiger charge is -2.19. The number of thiophene rings is 1. The molecule has 1 unspecified atom stereocenters. The average Bonchev–Trinajstić information content (AvgIpc) is 3.11. The minimum Gasteiger partial charge on any atom is -0.388 e. The van der Waals surface area contributed by atoms with Crippen LogP contribution in [0.3, 0.4) is 0 Å². The van der Waals surface area contributed by atoms with E-state index in [2.05, 4.69) is 9.89 Å². The van der Waals surface area contributed by atoms with Crippen molar-refractivity contribution in [3.05, 3.63) is 39.9 Å². The fourth-order valence-corrected chi connectivity index (χ4v) is 4.77. The maximum atomic E-state index is 14.0. The summed E-state index contributed by atoms with van der Waals surface area (Å²) >= 11 is 3.02. The molecule has 2 aliphatic rings. The predicted octanol–water partition coefficient (Wildman–Crippen LogP) is 3.51. The largest absolute Gasteiger partial charge is 0.388 e. The molecule has 1 aromatic carbocycles. The number of nitrogens with zero attached hydrogens (tertiary/aromatic N) is 2. The molecular formula is C15H13FN2OS2. The van der Waals surface area contributed by atoms with Crippen molar-refractivity contribution < 1.29 is 9.50 Å². The molecule has 0 aliphatic carbocycles. The van der Waals surface area contributed by atoms with Crippen LogP contribution in [-0.4, -0.2) is 34.4 Å². The number of fused-ring (bicyclic) bond motifs is 2. The SMILES string of the molecule is CC(O)C1=C(c2cc(F)cc3sccc23)N2CCN=C2S1. The Balaban J connectivity index is 1.99. The second-order valence-corrected chi connectivity index (χ2v) is 7.05. The summed E-state index contributed by atoms with van der Waals surface area (Å²) in [5.41, 5.74) is 1.76. The van der Waals surface area contributed by atoms with E-state index in [9.17, 15) is 9.50 Å². The van der Waals surface area contributed by atoms with Gasteiger partial charge in [0.25, 0.3) is 0 Å². The van der Waals surface area contributed by atoms with Gasteiger partial charge < -0.3 is 10.0 Å². The van der Waals surface area contributed by atoms with Crippen LogP contribution in [0.25, 0.3) is 15.8 Å². The molecule has 0 spiro atoms. The van der Waals surface area contributed by atoms with Crippen molar-refractivity contribution in [3.63, 3.8) is 0 Å². The van der Waals surface area contributed by atoms with Crippen LogP contribution in [0.1, 0.15) is 12.5 Å². The van der Waals surface area contributed by atoms with Crippen LogP contribution in [0.5, 0.6) is 0 Å². The third kappa shape index (κ3) is 2.01. The Labute approximate surface area is 129 Å². The molecule has 0 bridgehead atoms. The molecule has 0 saturated carbocycles. The smallest absolute Gasteiger partial charge is 0.168 e. The lowest BCUT2D eigenvalue weighted by atomic mass is 10.0. The molecule has 0 fully saturated rings. The molecule has 1 N–H and O–H groups in total. The van der Waals surface area contributed by atoms with Gasteiger partial charge >= 0.3 is 0 Å². The third-order valence-electron chi connectivity index (χ3n) is 3.68. The molecule has 3 heterocycles. The van der Waals surface area contributed by atoms with Crippen LogP contribution in [0.2, 0.25) is 0 Å². The summed E-state index contributed by atoms with van der Waals surface area (Å²) in [5.74, 6) is -0.244. The lowest BCUT2D eigenvalue weighted by molar-refractivity contribution is 0.240. The summed E-state index contributed by atoms with van der Waals surface area (Å²) in [6, 6.07) is 5.14. The zero-order valence-corrected chi connectivity index (χ0v) is 13.0. The monoisotopic (exact) mass is 320 g/mol. The summed E-state index contributed by atoms with van der Waals surface area (Å²) < 4.78 is 14.9. The van der Waals surface area contributed by atoms with Crippen molar-refractivity contribution in [2.45, 2.75) is 13.0 Å². The molecule has 6 heteroatoms. The molecule has 0 radical (unpaired) electrons. The fourth-order valence-electron chi connectivity index (χ4n) is 2.80. The van der Waals surface area contributed by atoms with Crippen LogP contribution < -0.4 is 0 Å². The average molecular weight is 320 g/mol. The van der Waals surface area contributed by atoms with Gasteiger partial charge in [-0.15, -0.1) is 11.3 Å². The topological polar surface area (TPSA) is 35.8 Å². The van der Waals surface area contributed by atoms with Gasteiger partial charge in [-0.25, -0.2) is 4.39 Å². The molecular weight excluding hydrogens is 307 g/mol. The lowest BCUT2D eigenvalue weighted by Crippen LogP contribution is -2.20. The highest BCUT2D eigenvalue weighted by molar-refractivity contribution is 8.17. The van der Waals surface area contributed by atoms with Crippen molar-refractivity contribution in [2.75, 3.05) is 13.1 Å². The standard InChI is InChI=1S/C15H13FN2OS2/c1-8(19)14-13(18-4-3-17-15(18)21-14)11-6-9(16)7-12-10(11)2-5-20-12/h2,5-8,19H,3-4H2,1H3. The molecule has 4 rings (SSSR count). The molecule has 108 valence electrons. The Morgan fingerprint density at radius 2 is 2.29 bits per heavy atom. The van der Waals surface area contributed by atoms with E-state index >= 15 is 0 Å². The van der Waals surface area contributed by atoms with E-state index in [0.717, 1.165) is 44.5 Å². The van der Waals surface area contributed by atoms with E-state index in [0.29, 0.717) is 0 Å². The Kier molecular flexibility index (Phi) is 3.06. The van der Waals surface area contributed by atoms with Crippen LogP contribution in [0.15, 0.2) is 33.5 Å². The van der Waals surface area contributed by atoms with E-state index in [-0.39, 0.29) is 5.82 Å². The maximum Gasteiger partial charge on any atom is 0.168 e. The molecule has 1 atom stereocenters. The van der Waals surface area contributed by atoms with E-state index in [1.54, 1.807) is 19.1 Å². The first-order chi connectivity index (χ1) is 10.1. The van der Waals surface area contributed by atoms with Gasteiger partial charge in [0.2, 0.25) is 0 Å². The number of aliphatic hydroxyl groups is 1. The zero-order chi connectivity index (χ0) is 14.6. The van der Waals surface area contributed by atoms with Crippen LogP contribution in [-0.2, 0) is 0 Å². The normalized spacial score (nSPS) is 19.4. The van der Waals surface area contributed by atoms with Gasteiger partial charge in [-0.3, -0.25) is 4.99 Å². The number of amidine groups is 1. The Morgan fingerprint density at radius 3 is 3.10 bits per heavy atom. The van der Waals surface area contributed by atoms with Crippen molar-refractivity contribution in [1.82, 2.24) is 4.90 Å². The second kappa shape index (κ2) is 4.83. The van der Waals surface area contributed by atoms with Crippen molar-refractivity contribution >= 4 is 44.0 Å². The van der Waals surface area contributed by atoms with Crippen molar-refractivity contribution in [2.24, 2.45) is 4.99 Å². The highest BCUT2D eigenvalue weighted by atomic mass is 32.2. The van der Waals surface area contributed by atoms with Gasteiger partial charge in [0.15, 0.2) is 5.17 Å². The molecule has 3 nitrogen and oxygen atoms in total. The summed E-state index contributed by atoms with van der Waals surface area (Å²) in [6.07, 6.45) is -0.588. The number of aliphatic imine (C=N–C) groups is 1. The van der Waals surface area contributed by atoms with Crippen LogP contribution in [0, 0.1) is 5.82 Å². The van der Waals surface area contributed by atoms with E-state index in [1.807, 2.05) is 11.4 Å². The number of hydrogen-bond acceptors (Lipinski definition) is 5. The third-order valence-corrected chi connectivity index (χ3v) is 5.83. The number of rotatable bonds is 2. The highest BCUT2D eigenvalue weighted by Crippen LogP contribution is 2.45. The Bertz CT molecular complexity index is 794. The van der Waals surface area contributed by atoms with Gasteiger partial charge in [0, 0.05) is 27.1 Å². The molecule has 21 heavy (non-hydrogen) atoms. The van der Waals surface area contributed by atoms with Crippen LogP contribution >= 0.6 is 23.1 Å². The van der Waals surface area contributed by atoms with Crippen LogP contribution in [0.4, 0.5) is 4.39 Å². The zero-order valence-electron chi connectivity index (χ0n) is 11.3. The molecule has 0 amide bonds. The first-order valence-corrected chi connectivity index (χ1v) is 8.44. The van der Waals surface area contributed by atoms with Crippen molar-refractivity contribution in [3.8, 4) is 0 Å². The van der Waals surface area contributed by atoms with E-state index < -0.39 is 6.10 Å². The molecule has 1 aromatic heterocycles. The quantitative estimate of drug-likeness (QED) is 0.920. The van der Waals surface area contributed by atoms with E-state index in [4.69, 9.17) is 0 Å². The minimum atomic E-state index is -0.588. The van der Waals surface area contributed by atoms with Gasteiger partial charge in [-0.05, 0) is 30.5 Å². The first kappa shape index (κ1) is 13.3. The maximum absolute atomic E-state index is 14.0. The summed E-state index contributed by atoms with van der Waals surface area (Å²) in [6.45, 7) is 3.28. The Hall–Kier alpha value is -1.37. The molecule has 0 saturated heterocycles.